The highest BCUT2D eigenvalue weighted by molar-refractivity contribution is 6.35. The summed E-state index contributed by atoms with van der Waals surface area (Å²) in [5.41, 5.74) is 1.10. The van der Waals surface area contributed by atoms with Crippen LogP contribution in [0.3, 0.4) is 0 Å². The van der Waals surface area contributed by atoms with Crippen molar-refractivity contribution < 1.29 is 9.53 Å². The number of nitrogens with zero attached hydrogens (tertiary/aromatic N) is 2. The van der Waals surface area contributed by atoms with Gasteiger partial charge < -0.3 is 4.74 Å². The van der Waals surface area contributed by atoms with Crippen LogP contribution in [0.1, 0.15) is 17.3 Å². The summed E-state index contributed by atoms with van der Waals surface area (Å²) in [6.07, 6.45) is 0.738. The third kappa shape index (κ3) is 2.96. The maximum absolute atomic E-state index is 12.7. The van der Waals surface area contributed by atoms with Gasteiger partial charge in [-0.05, 0) is 31.2 Å². The van der Waals surface area contributed by atoms with Gasteiger partial charge in [-0.1, -0.05) is 41.4 Å². The van der Waals surface area contributed by atoms with E-state index in [0.717, 1.165) is 5.39 Å². The Labute approximate surface area is 148 Å². The highest BCUT2D eigenvalue weighted by Crippen LogP contribution is 2.29. The smallest absolute Gasteiger partial charge is 0.271 e. The van der Waals surface area contributed by atoms with Gasteiger partial charge in [0, 0.05) is 16.6 Å². The SMILES string of the molecule is C[C@H](Oc1ccc(Cl)cc1Cl)C(=O)n1cc(C#N)c2ccccc21. The van der Waals surface area contributed by atoms with Crippen molar-refractivity contribution in [2.75, 3.05) is 0 Å². The second kappa shape index (κ2) is 6.56. The molecule has 2 aromatic carbocycles. The second-order valence-corrected chi connectivity index (χ2v) is 6.06. The standard InChI is InChI=1S/C18H12Cl2N2O2/c1-11(24-17-7-6-13(19)8-15(17)20)18(23)22-10-12(9-21)14-4-2-3-5-16(14)22/h2-8,10-11H,1H3/t11-/m0/s1. The summed E-state index contributed by atoms with van der Waals surface area (Å²) >= 11 is 11.9. The Morgan fingerprint density at radius 3 is 2.71 bits per heavy atom. The first kappa shape index (κ1) is 16.4. The van der Waals surface area contributed by atoms with Crippen LogP contribution >= 0.6 is 23.2 Å². The molecule has 0 aliphatic rings. The molecule has 0 aliphatic carbocycles. The summed E-state index contributed by atoms with van der Waals surface area (Å²) in [6.45, 7) is 1.63. The first-order valence-corrected chi connectivity index (χ1v) is 7.93. The molecule has 6 heteroatoms. The lowest BCUT2D eigenvalue weighted by Gasteiger charge is -2.15. The fraction of sp³-hybridized carbons (Fsp3) is 0.111. The van der Waals surface area contributed by atoms with E-state index in [-0.39, 0.29) is 5.91 Å². The zero-order chi connectivity index (χ0) is 17.3. The minimum Gasteiger partial charge on any atom is -0.479 e. The first-order chi connectivity index (χ1) is 11.5. The van der Waals surface area contributed by atoms with Gasteiger partial charge in [-0.15, -0.1) is 0 Å². The number of halogens is 2. The van der Waals surface area contributed by atoms with Crippen molar-refractivity contribution in [1.29, 1.82) is 5.26 Å². The zero-order valence-electron chi connectivity index (χ0n) is 12.7. The van der Waals surface area contributed by atoms with Gasteiger partial charge in [-0.2, -0.15) is 5.26 Å². The van der Waals surface area contributed by atoms with Crippen molar-refractivity contribution >= 4 is 40.0 Å². The molecule has 0 bridgehead atoms. The Morgan fingerprint density at radius 2 is 2.00 bits per heavy atom. The lowest BCUT2D eigenvalue weighted by atomic mass is 10.2. The summed E-state index contributed by atoms with van der Waals surface area (Å²) < 4.78 is 7.10. The van der Waals surface area contributed by atoms with Crippen LogP contribution in [0.25, 0.3) is 10.9 Å². The van der Waals surface area contributed by atoms with Gasteiger partial charge in [0.2, 0.25) is 0 Å². The Kier molecular flexibility index (Phi) is 4.48. The molecular formula is C18H12Cl2N2O2. The van der Waals surface area contributed by atoms with E-state index >= 15 is 0 Å². The Hall–Kier alpha value is -2.48. The molecule has 24 heavy (non-hydrogen) atoms. The highest BCUT2D eigenvalue weighted by Gasteiger charge is 2.21. The van der Waals surface area contributed by atoms with Crippen LogP contribution in [-0.4, -0.2) is 16.6 Å². The summed E-state index contributed by atoms with van der Waals surface area (Å²) in [5.74, 6) is 0.0811. The number of fused-ring (bicyclic) bond motifs is 1. The van der Waals surface area contributed by atoms with Crippen LogP contribution in [0.15, 0.2) is 48.7 Å². The molecule has 0 saturated carbocycles. The number of hydrogen-bond donors (Lipinski definition) is 0. The van der Waals surface area contributed by atoms with E-state index in [9.17, 15) is 10.1 Å². The number of aromatic nitrogens is 1. The van der Waals surface area contributed by atoms with E-state index < -0.39 is 6.10 Å². The summed E-state index contributed by atoms with van der Waals surface area (Å²) in [5, 5.41) is 10.8. The number of rotatable bonds is 3. The largest absolute Gasteiger partial charge is 0.479 e. The molecule has 3 rings (SSSR count). The van der Waals surface area contributed by atoms with E-state index in [1.807, 2.05) is 12.1 Å². The Morgan fingerprint density at radius 1 is 1.25 bits per heavy atom. The monoisotopic (exact) mass is 358 g/mol. The van der Waals surface area contributed by atoms with E-state index in [1.165, 1.54) is 10.8 Å². The van der Waals surface area contributed by atoms with E-state index in [2.05, 4.69) is 6.07 Å². The molecule has 1 atom stereocenters. The van der Waals surface area contributed by atoms with Crippen LogP contribution in [0.4, 0.5) is 0 Å². The molecule has 0 spiro atoms. The fourth-order valence-electron chi connectivity index (χ4n) is 2.46. The molecule has 3 aromatic rings. The molecule has 1 heterocycles. The number of para-hydroxylation sites is 1. The number of carbonyl (C=O) groups excluding carboxylic acids is 1. The lowest BCUT2D eigenvalue weighted by molar-refractivity contribution is 0.0734. The maximum atomic E-state index is 12.7. The van der Waals surface area contributed by atoms with Crippen molar-refractivity contribution in [3.8, 4) is 11.8 Å². The molecule has 1 aromatic heterocycles. The summed E-state index contributed by atoms with van der Waals surface area (Å²) in [7, 11) is 0. The highest BCUT2D eigenvalue weighted by atomic mass is 35.5. The van der Waals surface area contributed by atoms with Gasteiger partial charge in [0.1, 0.15) is 11.8 Å². The Balaban J connectivity index is 1.93. The molecule has 0 N–H and O–H groups in total. The quantitative estimate of drug-likeness (QED) is 0.666. The third-order valence-electron chi connectivity index (χ3n) is 3.62. The molecule has 0 aliphatic heterocycles. The van der Waals surface area contributed by atoms with Crippen LogP contribution < -0.4 is 4.74 Å². The van der Waals surface area contributed by atoms with Gasteiger partial charge >= 0.3 is 0 Å². The number of ether oxygens (including phenoxy) is 1. The average molecular weight is 359 g/mol. The molecule has 120 valence electrons. The molecule has 0 fully saturated rings. The van der Waals surface area contributed by atoms with Crippen molar-refractivity contribution in [2.45, 2.75) is 13.0 Å². The molecule has 0 saturated heterocycles. The van der Waals surface area contributed by atoms with Crippen molar-refractivity contribution in [2.24, 2.45) is 0 Å². The average Bonchev–Trinajstić information content (AvgIpc) is 2.95. The molecule has 4 nitrogen and oxygen atoms in total. The number of carbonyl (C=O) groups is 1. The van der Waals surface area contributed by atoms with Crippen LogP contribution in [0, 0.1) is 11.3 Å². The lowest BCUT2D eigenvalue weighted by Crippen LogP contribution is -2.28. The predicted octanol–water partition coefficient (Wildman–Crippen LogP) is 4.93. The minimum absolute atomic E-state index is 0.293. The predicted molar refractivity (Wildman–Crippen MR) is 93.8 cm³/mol. The van der Waals surface area contributed by atoms with Crippen molar-refractivity contribution in [3.63, 3.8) is 0 Å². The van der Waals surface area contributed by atoms with Crippen LogP contribution in [0.5, 0.6) is 5.75 Å². The van der Waals surface area contributed by atoms with Crippen molar-refractivity contribution in [3.05, 3.63) is 64.3 Å². The van der Waals surface area contributed by atoms with Gasteiger partial charge in [0.25, 0.3) is 5.91 Å². The van der Waals surface area contributed by atoms with Gasteiger partial charge in [-0.3, -0.25) is 9.36 Å². The third-order valence-corrected chi connectivity index (χ3v) is 4.15. The molecule has 0 amide bonds. The van der Waals surface area contributed by atoms with Gasteiger partial charge in [0.15, 0.2) is 6.10 Å². The van der Waals surface area contributed by atoms with Crippen LogP contribution in [-0.2, 0) is 0 Å². The molecule has 0 unspecified atom stereocenters. The molecule has 0 radical (unpaired) electrons. The van der Waals surface area contributed by atoms with Gasteiger partial charge in [0.05, 0.1) is 16.1 Å². The number of hydrogen-bond acceptors (Lipinski definition) is 3. The maximum Gasteiger partial charge on any atom is 0.271 e. The molecular weight excluding hydrogens is 347 g/mol. The van der Waals surface area contributed by atoms with E-state index in [0.29, 0.717) is 26.9 Å². The normalized spacial score (nSPS) is 11.9. The Bertz CT molecular complexity index is 973. The first-order valence-electron chi connectivity index (χ1n) is 7.17. The van der Waals surface area contributed by atoms with Gasteiger partial charge in [-0.25, -0.2) is 0 Å². The summed E-state index contributed by atoms with van der Waals surface area (Å²) in [4.78, 5) is 12.7. The fourth-order valence-corrected chi connectivity index (χ4v) is 2.91. The number of benzene rings is 2. The minimum atomic E-state index is -0.786. The zero-order valence-corrected chi connectivity index (χ0v) is 14.2. The van der Waals surface area contributed by atoms with E-state index in [1.54, 1.807) is 37.3 Å². The van der Waals surface area contributed by atoms with Crippen molar-refractivity contribution in [1.82, 2.24) is 4.57 Å². The van der Waals surface area contributed by atoms with Crippen LogP contribution in [0.2, 0.25) is 10.0 Å². The second-order valence-electron chi connectivity index (χ2n) is 5.21. The van der Waals surface area contributed by atoms with E-state index in [4.69, 9.17) is 27.9 Å². The number of nitriles is 1. The summed E-state index contributed by atoms with van der Waals surface area (Å²) in [6, 6.07) is 14.1. The topological polar surface area (TPSA) is 55.0 Å².